The van der Waals surface area contributed by atoms with Crippen LogP contribution in [0.15, 0.2) is 0 Å². The monoisotopic (exact) mass is 215 g/mol. The summed E-state index contributed by atoms with van der Waals surface area (Å²) in [6.45, 7) is 4.15. The molecule has 88 valence electrons. The molecule has 1 N–H and O–H groups in total. The van der Waals surface area contributed by atoms with Gasteiger partial charge in [-0.05, 0) is 25.2 Å². The van der Waals surface area contributed by atoms with Crippen LogP contribution in [0.25, 0.3) is 0 Å². The van der Waals surface area contributed by atoms with Gasteiger partial charge < -0.3 is 14.7 Å². The Morgan fingerprint density at radius 1 is 1.60 bits per heavy atom. The van der Waals surface area contributed by atoms with E-state index in [4.69, 9.17) is 9.84 Å². The molecule has 1 aliphatic heterocycles. The first kappa shape index (κ1) is 12.3. The Morgan fingerprint density at radius 2 is 2.40 bits per heavy atom. The number of hydrogen-bond donors (Lipinski definition) is 1. The first-order valence-electron chi connectivity index (χ1n) is 5.80. The topological polar surface area (TPSA) is 49.8 Å². The summed E-state index contributed by atoms with van der Waals surface area (Å²) in [5.41, 5.74) is 0. The highest BCUT2D eigenvalue weighted by atomic mass is 16.6. The highest BCUT2D eigenvalue weighted by Gasteiger charge is 2.23. The zero-order valence-corrected chi connectivity index (χ0v) is 9.45. The molecule has 1 rings (SSSR count). The molecule has 0 aromatic heterocycles. The van der Waals surface area contributed by atoms with Crippen LogP contribution in [-0.4, -0.2) is 42.4 Å². The van der Waals surface area contributed by atoms with Crippen LogP contribution in [0, 0.1) is 5.92 Å². The van der Waals surface area contributed by atoms with E-state index < -0.39 is 0 Å². The Morgan fingerprint density at radius 3 is 3.07 bits per heavy atom. The van der Waals surface area contributed by atoms with Crippen molar-refractivity contribution in [1.82, 2.24) is 4.90 Å². The van der Waals surface area contributed by atoms with Crippen LogP contribution in [0.3, 0.4) is 0 Å². The normalized spacial score (nSPS) is 21.5. The molecule has 4 heteroatoms. The number of nitrogens with zero attached hydrogens (tertiary/aromatic N) is 1. The molecule has 0 spiro atoms. The van der Waals surface area contributed by atoms with E-state index in [1.165, 1.54) is 0 Å². The molecule has 1 atom stereocenters. The SMILES string of the molecule is CCCCOC(=O)N1CCC[C@@H](CO)C1. The number of piperidine rings is 1. The molecule has 0 unspecified atom stereocenters. The lowest BCUT2D eigenvalue weighted by Crippen LogP contribution is -2.41. The van der Waals surface area contributed by atoms with Crippen molar-refractivity contribution in [2.75, 3.05) is 26.3 Å². The van der Waals surface area contributed by atoms with Crippen LogP contribution in [0.2, 0.25) is 0 Å². The molecule has 1 saturated heterocycles. The number of unbranched alkanes of at least 4 members (excludes halogenated alkanes) is 1. The molecule has 0 aromatic carbocycles. The number of hydrogen-bond acceptors (Lipinski definition) is 3. The van der Waals surface area contributed by atoms with Gasteiger partial charge in [-0.3, -0.25) is 0 Å². The summed E-state index contributed by atoms with van der Waals surface area (Å²) in [5.74, 6) is 0.234. The van der Waals surface area contributed by atoms with E-state index in [0.29, 0.717) is 13.2 Å². The molecule has 0 bridgehead atoms. The average molecular weight is 215 g/mol. The lowest BCUT2D eigenvalue weighted by Gasteiger charge is -2.30. The van der Waals surface area contributed by atoms with Crippen LogP contribution in [0.5, 0.6) is 0 Å². The van der Waals surface area contributed by atoms with Crippen molar-refractivity contribution >= 4 is 6.09 Å². The average Bonchev–Trinajstić information content (AvgIpc) is 2.29. The summed E-state index contributed by atoms with van der Waals surface area (Å²) in [5, 5.41) is 9.03. The lowest BCUT2D eigenvalue weighted by molar-refractivity contribution is 0.0722. The maximum absolute atomic E-state index is 11.6. The number of amides is 1. The van der Waals surface area contributed by atoms with Crippen molar-refractivity contribution < 1.29 is 14.6 Å². The highest BCUT2D eigenvalue weighted by Crippen LogP contribution is 2.16. The zero-order chi connectivity index (χ0) is 11.1. The summed E-state index contributed by atoms with van der Waals surface area (Å²) < 4.78 is 5.12. The Bertz CT molecular complexity index is 196. The zero-order valence-electron chi connectivity index (χ0n) is 9.45. The van der Waals surface area contributed by atoms with Crippen molar-refractivity contribution in [1.29, 1.82) is 0 Å². The van der Waals surface area contributed by atoms with Gasteiger partial charge >= 0.3 is 6.09 Å². The lowest BCUT2D eigenvalue weighted by atomic mass is 10.00. The van der Waals surface area contributed by atoms with Crippen molar-refractivity contribution in [2.45, 2.75) is 32.6 Å². The number of carbonyl (C=O) groups excluding carboxylic acids is 1. The van der Waals surface area contributed by atoms with Crippen LogP contribution >= 0.6 is 0 Å². The predicted molar refractivity (Wildman–Crippen MR) is 57.6 cm³/mol. The first-order chi connectivity index (χ1) is 7.27. The number of ether oxygens (including phenoxy) is 1. The van der Waals surface area contributed by atoms with E-state index in [2.05, 4.69) is 6.92 Å². The minimum Gasteiger partial charge on any atom is -0.449 e. The number of rotatable bonds is 4. The Hall–Kier alpha value is -0.770. The van der Waals surface area contributed by atoms with Crippen molar-refractivity contribution in [3.05, 3.63) is 0 Å². The van der Waals surface area contributed by atoms with Gasteiger partial charge in [0.2, 0.25) is 0 Å². The third kappa shape index (κ3) is 4.08. The predicted octanol–water partition coefficient (Wildman–Crippen LogP) is 1.63. The molecular formula is C11H21NO3. The standard InChI is InChI=1S/C11H21NO3/c1-2-3-7-15-11(14)12-6-4-5-10(8-12)9-13/h10,13H,2-9H2,1H3/t10-/m1/s1. The minimum absolute atomic E-state index is 0.165. The van der Waals surface area contributed by atoms with Crippen LogP contribution < -0.4 is 0 Å². The molecule has 0 radical (unpaired) electrons. The number of likely N-dealkylation sites (tertiary alicyclic amines) is 1. The largest absolute Gasteiger partial charge is 0.449 e. The van der Waals surface area contributed by atoms with Gasteiger partial charge in [-0.15, -0.1) is 0 Å². The Labute approximate surface area is 91.2 Å². The molecule has 0 aromatic rings. The fraction of sp³-hybridized carbons (Fsp3) is 0.909. The van der Waals surface area contributed by atoms with E-state index in [9.17, 15) is 4.79 Å². The van der Waals surface area contributed by atoms with Crippen molar-refractivity contribution in [3.63, 3.8) is 0 Å². The summed E-state index contributed by atoms with van der Waals surface area (Å²) in [7, 11) is 0. The van der Waals surface area contributed by atoms with Gasteiger partial charge in [0.05, 0.1) is 6.61 Å². The minimum atomic E-state index is -0.221. The van der Waals surface area contributed by atoms with Gasteiger partial charge in [0.1, 0.15) is 0 Å². The van der Waals surface area contributed by atoms with Gasteiger partial charge in [-0.1, -0.05) is 13.3 Å². The molecule has 4 nitrogen and oxygen atoms in total. The maximum atomic E-state index is 11.6. The molecule has 1 aliphatic rings. The molecule has 0 aliphatic carbocycles. The second kappa shape index (κ2) is 6.67. The number of aliphatic hydroxyl groups is 1. The third-order valence-corrected chi connectivity index (χ3v) is 2.76. The Balaban J connectivity index is 2.25. The molecule has 1 amide bonds. The van der Waals surface area contributed by atoms with Crippen molar-refractivity contribution in [2.24, 2.45) is 5.92 Å². The van der Waals surface area contributed by atoms with Gasteiger partial charge in [0.15, 0.2) is 0 Å². The van der Waals surface area contributed by atoms with E-state index in [0.717, 1.165) is 32.2 Å². The quantitative estimate of drug-likeness (QED) is 0.725. The molecule has 1 fully saturated rings. The summed E-state index contributed by atoms with van der Waals surface area (Å²) in [4.78, 5) is 13.3. The first-order valence-corrected chi connectivity index (χ1v) is 5.80. The Kier molecular flexibility index (Phi) is 5.47. The van der Waals surface area contributed by atoms with Gasteiger partial charge in [-0.25, -0.2) is 4.79 Å². The summed E-state index contributed by atoms with van der Waals surface area (Å²) in [6.07, 6.45) is 3.71. The van der Waals surface area contributed by atoms with Crippen LogP contribution in [0.4, 0.5) is 4.79 Å². The van der Waals surface area contributed by atoms with E-state index in [1.54, 1.807) is 4.90 Å². The molecule has 0 saturated carbocycles. The number of carbonyl (C=O) groups is 1. The van der Waals surface area contributed by atoms with Gasteiger partial charge in [0.25, 0.3) is 0 Å². The van der Waals surface area contributed by atoms with Crippen molar-refractivity contribution in [3.8, 4) is 0 Å². The highest BCUT2D eigenvalue weighted by molar-refractivity contribution is 5.67. The smallest absolute Gasteiger partial charge is 0.409 e. The fourth-order valence-corrected chi connectivity index (χ4v) is 1.78. The molecule has 1 heterocycles. The number of aliphatic hydroxyl groups excluding tert-OH is 1. The molecular weight excluding hydrogens is 194 g/mol. The van der Waals surface area contributed by atoms with E-state index in [1.807, 2.05) is 0 Å². The second-order valence-corrected chi connectivity index (χ2v) is 4.10. The summed E-state index contributed by atoms with van der Waals surface area (Å²) >= 11 is 0. The van der Waals surface area contributed by atoms with E-state index in [-0.39, 0.29) is 18.6 Å². The fourth-order valence-electron chi connectivity index (χ4n) is 1.78. The second-order valence-electron chi connectivity index (χ2n) is 4.10. The molecule has 15 heavy (non-hydrogen) atoms. The summed E-state index contributed by atoms with van der Waals surface area (Å²) in [6, 6.07) is 0. The third-order valence-electron chi connectivity index (χ3n) is 2.76. The van der Waals surface area contributed by atoms with Crippen LogP contribution in [0.1, 0.15) is 32.6 Å². The van der Waals surface area contributed by atoms with Gasteiger partial charge in [0, 0.05) is 19.7 Å². The van der Waals surface area contributed by atoms with Crippen LogP contribution in [-0.2, 0) is 4.74 Å². The van der Waals surface area contributed by atoms with Gasteiger partial charge in [-0.2, -0.15) is 0 Å². The van der Waals surface area contributed by atoms with E-state index >= 15 is 0 Å². The maximum Gasteiger partial charge on any atom is 0.409 e.